The van der Waals surface area contributed by atoms with Crippen molar-refractivity contribution in [1.82, 2.24) is 24.5 Å². The maximum Gasteiger partial charge on any atom is 0.278 e. The lowest BCUT2D eigenvalue weighted by Gasteiger charge is -2.14. The molecule has 3 heterocycles. The Bertz CT molecular complexity index is 1090. The molecule has 0 unspecified atom stereocenters. The van der Waals surface area contributed by atoms with Crippen molar-refractivity contribution < 1.29 is 4.79 Å². The second kappa shape index (κ2) is 7.35. The first-order valence-corrected chi connectivity index (χ1v) is 9.74. The minimum atomic E-state index is -0.294. The van der Waals surface area contributed by atoms with E-state index in [1.54, 1.807) is 4.68 Å². The van der Waals surface area contributed by atoms with Crippen LogP contribution in [-0.4, -0.2) is 30.5 Å². The lowest BCUT2D eigenvalue weighted by Crippen LogP contribution is -2.19. The van der Waals surface area contributed by atoms with Crippen LogP contribution in [0.3, 0.4) is 0 Å². The summed E-state index contributed by atoms with van der Waals surface area (Å²) in [5.41, 5.74) is 3.07. The number of aryl methyl sites for hydroxylation is 1. The predicted octanol–water partition coefficient (Wildman–Crippen LogP) is 3.72. The van der Waals surface area contributed by atoms with Crippen molar-refractivity contribution in [2.24, 2.45) is 0 Å². The van der Waals surface area contributed by atoms with E-state index in [1.807, 2.05) is 71.3 Å². The van der Waals surface area contributed by atoms with Crippen LogP contribution in [0, 0.1) is 0 Å². The van der Waals surface area contributed by atoms with Gasteiger partial charge >= 0.3 is 0 Å². The Balaban J connectivity index is 1.51. The summed E-state index contributed by atoms with van der Waals surface area (Å²) in [6.45, 7) is 0.825. The van der Waals surface area contributed by atoms with Gasteiger partial charge in [0.25, 0.3) is 5.91 Å². The van der Waals surface area contributed by atoms with E-state index in [0.717, 1.165) is 48.6 Å². The topological polar surface area (TPSA) is 77.6 Å². The first kappa shape index (κ1) is 17.4. The molecule has 0 saturated carbocycles. The fourth-order valence-electron chi connectivity index (χ4n) is 3.64. The molecular weight excluding hydrogens is 364 g/mol. The third kappa shape index (κ3) is 3.31. The first-order valence-electron chi connectivity index (χ1n) is 9.74. The summed E-state index contributed by atoms with van der Waals surface area (Å²) < 4.78 is 3.78. The predicted molar refractivity (Wildman–Crippen MR) is 110 cm³/mol. The minimum absolute atomic E-state index is 0.294. The van der Waals surface area contributed by atoms with Crippen molar-refractivity contribution >= 4 is 11.9 Å². The molecule has 0 spiro atoms. The van der Waals surface area contributed by atoms with Gasteiger partial charge in [-0.1, -0.05) is 48.5 Å². The van der Waals surface area contributed by atoms with Crippen LogP contribution in [0.5, 0.6) is 0 Å². The summed E-state index contributed by atoms with van der Waals surface area (Å²) in [5, 5.41) is 15.8. The lowest BCUT2D eigenvalue weighted by molar-refractivity contribution is 0.102. The average Bonchev–Trinajstić information content (AvgIpc) is 3.40. The van der Waals surface area contributed by atoms with E-state index in [-0.39, 0.29) is 5.91 Å². The SMILES string of the molecule is O=C(Nc1nnc2n1CCCC2)c1cc(-c2ccccc2)n(-c2ccccc2)n1. The van der Waals surface area contributed by atoms with Crippen molar-refractivity contribution in [2.45, 2.75) is 25.8 Å². The molecule has 144 valence electrons. The van der Waals surface area contributed by atoms with Crippen molar-refractivity contribution in [2.75, 3.05) is 5.32 Å². The van der Waals surface area contributed by atoms with Gasteiger partial charge in [-0.05, 0) is 31.0 Å². The third-order valence-corrected chi connectivity index (χ3v) is 5.10. The van der Waals surface area contributed by atoms with Crippen molar-refractivity contribution in [3.8, 4) is 16.9 Å². The van der Waals surface area contributed by atoms with Gasteiger partial charge in [-0.3, -0.25) is 14.7 Å². The molecule has 2 aromatic heterocycles. The molecule has 0 fully saturated rings. The number of amides is 1. The standard InChI is InChI=1S/C22H20N6O/c29-21(23-22-25-24-20-13-7-8-14-27(20)22)18-15-19(16-9-3-1-4-10-16)28(26-18)17-11-5-2-6-12-17/h1-6,9-12,15H,7-8,13-14H2,(H,23,25,29). The van der Waals surface area contributed by atoms with E-state index in [0.29, 0.717) is 11.6 Å². The molecule has 5 rings (SSSR count). The number of para-hydroxylation sites is 1. The summed E-state index contributed by atoms with van der Waals surface area (Å²) in [5.74, 6) is 1.11. The van der Waals surface area contributed by atoms with E-state index in [1.165, 1.54) is 0 Å². The lowest BCUT2D eigenvalue weighted by atomic mass is 10.1. The first-order chi connectivity index (χ1) is 14.3. The van der Waals surface area contributed by atoms with E-state index < -0.39 is 0 Å². The smallest absolute Gasteiger partial charge is 0.278 e. The summed E-state index contributed by atoms with van der Waals surface area (Å²) in [7, 11) is 0. The molecule has 2 aromatic carbocycles. The van der Waals surface area contributed by atoms with Gasteiger partial charge in [0.15, 0.2) is 5.69 Å². The zero-order valence-corrected chi connectivity index (χ0v) is 15.8. The van der Waals surface area contributed by atoms with E-state index >= 15 is 0 Å². The fourth-order valence-corrected chi connectivity index (χ4v) is 3.64. The molecule has 1 N–H and O–H groups in total. The number of nitrogens with one attached hydrogen (secondary N) is 1. The van der Waals surface area contributed by atoms with Gasteiger partial charge in [-0.25, -0.2) is 4.68 Å². The Morgan fingerprint density at radius 2 is 1.69 bits per heavy atom. The monoisotopic (exact) mass is 384 g/mol. The molecule has 0 saturated heterocycles. The van der Waals surface area contributed by atoms with Gasteiger partial charge in [0.05, 0.1) is 11.4 Å². The van der Waals surface area contributed by atoms with Gasteiger partial charge in [-0.2, -0.15) is 5.10 Å². The van der Waals surface area contributed by atoms with Gasteiger partial charge in [0, 0.05) is 18.5 Å². The third-order valence-electron chi connectivity index (χ3n) is 5.10. The summed E-state index contributed by atoms with van der Waals surface area (Å²) in [6.07, 6.45) is 3.06. The van der Waals surface area contributed by atoms with E-state index in [9.17, 15) is 4.79 Å². The highest BCUT2D eigenvalue weighted by molar-refractivity contribution is 6.02. The van der Waals surface area contributed by atoms with Crippen LogP contribution in [0.2, 0.25) is 0 Å². The molecule has 0 aliphatic carbocycles. The van der Waals surface area contributed by atoms with Crippen LogP contribution in [0.4, 0.5) is 5.95 Å². The molecule has 0 radical (unpaired) electrons. The van der Waals surface area contributed by atoms with E-state index in [4.69, 9.17) is 0 Å². The second-order valence-corrected chi connectivity index (χ2v) is 7.03. The largest absolute Gasteiger partial charge is 0.297 e. The van der Waals surface area contributed by atoms with Gasteiger partial charge in [0.1, 0.15) is 5.82 Å². The normalized spacial score (nSPS) is 13.1. The highest BCUT2D eigenvalue weighted by Crippen LogP contribution is 2.25. The second-order valence-electron chi connectivity index (χ2n) is 7.03. The average molecular weight is 384 g/mol. The number of hydrogen-bond donors (Lipinski definition) is 1. The Morgan fingerprint density at radius 3 is 2.48 bits per heavy atom. The van der Waals surface area contributed by atoms with E-state index in [2.05, 4.69) is 20.6 Å². The molecule has 1 aliphatic rings. The maximum atomic E-state index is 13.0. The number of aromatic nitrogens is 5. The Morgan fingerprint density at radius 1 is 0.931 bits per heavy atom. The zero-order valence-electron chi connectivity index (χ0n) is 15.8. The van der Waals surface area contributed by atoms with Crippen molar-refractivity contribution in [3.05, 3.63) is 78.2 Å². The molecule has 29 heavy (non-hydrogen) atoms. The number of anilines is 1. The molecule has 1 aliphatic heterocycles. The molecular formula is C22H20N6O. The number of benzene rings is 2. The zero-order chi connectivity index (χ0) is 19.6. The number of nitrogens with zero attached hydrogens (tertiary/aromatic N) is 5. The Hall–Kier alpha value is -3.74. The van der Waals surface area contributed by atoms with Crippen LogP contribution >= 0.6 is 0 Å². The number of carbonyl (C=O) groups excluding carboxylic acids is 1. The van der Waals surface area contributed by atoms with Gasteiger partial charge < -0.3 is 0 Å². The summed E-state index contributed by atoms with van der Waals surface area (Å²) >= 11 is 0. The molecule has 7 heteroatoms. The van der Waals surface area contributed by atoms with Gasteiger partial charge in [-0.15, -0.1) is 10.2 Å². The summed E-state index contributed by atoms with van der Waals surface area (Å²) in [4.78, 5) is 13.0. The van der Waals surface area contributed by atoms with Crippen LogP contribution in [-0.2, 0) is 13.0 Å². The molecule has 7 nitrogen and oxygen atoms in total. The number of hydrogen-bond acceptors (Lipinski definition) is 4. The molecule has 1 amide bonds. The quantitative estimate of drug-likeness (QED) is 0.582. The maximum absolute atomic E-state index is 13.0. The van der Waals surface area contributed by atoms with Crippen molar-refractivity contribution in [1.29, 1.82) is 0 Å². The number of rotatable bonds is 4. The Labute approximate surface area is 168 Å². The summed E-state index contributed by atoms with van der Waals surface area (Å²) in [6, 6.07) is 21.5. The van der Waals surface area contributed by atoms with Crippen LogP contribution < -0.4 is 5.32 Å². The fraction of sp³-hybridized carbons (Fsp3) is 0.182. The van der Waals surface area contributed by atoms with Crippen LogP contribution in [0.1, 0.15) is 29.2 Å². The Kier molecular flexibility index (Phi) is 4.40. The molecule has 4 aromatic rings. The van der Waals surface area contributed by atoms with Crippen LogP contribution in [0.15, 0.2) is 66.7 Å². The van der Waals surface area contributed by atoms with Crippen molar-refractivity contribution in [3.63, 3.8) is 0 Å². The minimum Gasteiger partial charge on any atom is -0.297 e. The number of carbonyl (C=O) groups is 1. The highest BCUT2D eigenvalue weighted by Gasteiger charge is 2.21. The molecule has 0 bridgehead atoms. The molecule has 0 atom stereocenters. The van der Waals surface area contributed by atoms with Gasteiger partial charge in [0.2, 0.25) is 5.95 Å². The number of fused-ring (bicyclic) bond motifs is 1. The highest BCUT2D eigenvalue weighted by atomic mass is 16.2. The van der Waals surface area contributed by atoms with Crippen LogP contribution in [0.25, 0.3) is 16.9 Å².